The molecule has 1 rings (SSSR count). The van der Waals surface area contributed by atoms with Gasteiger partial charge in [0.15, 0.2) is 0 Å². The number of nitriles is 1. The Morgan fingerprint density at radius 1 is 1.29 bits per heavy atom. The molecule has 0 bridgehead atoms. The van der Waals surface area contributed by atoms with Crippen LogP contribution in [-0.4, -0.2) is 32.4 Å². The van der Waals surface area contributed by atoms with Crippen molar-refractivity contribution >= 4 is 10.0 Å². The minimum Gasteiger partial charge on any atom is -0.327 e. The Morgan fingerprint density at radius 3 is 2.33 bits per heavy atom. The lowest BCUT2D eigenvalue weighted by molar-refractivity contribution is 0.397. The molecule has 5 nitrogen and oxygen atoms in total. The minimum atomic E-state index is -3.36. The van der Waals surface area contributed by atoms with Gasteiger partial charge in [0.1, 0.15) is 0 Å². The molecule has 6 heteroatoms. The molecule has 0 saturated heterocycles. The lowest BCUT2D eigenvalue weighted by Gasteiger charge is -2.21. The number of hydrogen-bond donors (Lipinski definition) is 1. The van der Waals surface area contributed by atoms with Gasteiger partial charge in [-0.3, -0.25) is 0 Å². The van der Waals surface area contributed by atoms with Gasteiger partial charge in [-0.15, -0.1) is 0 Å². The molecule has 0 aliphatic heterocycles. The number of hydrogen-bond acceptors (Lipinski definition) is 4. The van der Waals surface area contributed by atoms with E-state index in [1.165, 1.54) is 4.31 Å². The second-order valence-corrected chi connectivity index (χ2v) is 7.66. The molecule has 0 aliphatic carbocycles. The minimum absolute atomic E-state index is 0.00226. The van der Waals surface area contributed by atoms with Gasteiger partial charge < -0.3 is 5.73 Å². The van der Waals surface area contributed by atoms with Crippen molar-refractivity contribution in [2.24, 2.45) is 11.7 Å². The van der Waals surface area contributed by atoms with Gasteiger partial charge in [0, 0.05) is 19.6 Å². The van der Waals surface area contributed by atoms with Gasteiger partial charge in [0.2, 0.25) is 10.0 Å². The van der Waals surface area contributed by atoms with Crippen molar-refractivity contribution in [1.29, 1.82) is 5.26 Å². The van der Waals surface area contributed by atoms with Crippen LogP contribution in [0.4, 0.5) is 0 Å². The predicted octanol–water partition coefficient (Wildman–Crippen LogP) is 1.69. The van der Waals surface area contributed by atoms with Crippen LogP contribution >= 0.6 is 0 Å². The van der Waals surface area contributed by atoms with E-state index in [9.17, 15) is 8.42 Å². The number of nitrogens with two attached hydrogens (primary N) is 1. The summed E-state index contributed by atoms with van der Waals surface area (Å²) >= 11 is 0. The first-order valence-electron chi connectivity index (χ1n) is 6.95. The zero-order chi connectivity index (χ0) is 16.0. The van der Waals surface area contributed by atoms with Crippen LogP contribution in [0.1, 0.15) is 31.4 Å². The average Bonchev–Trinajstić information content (AvgIpc) is 2.44. The molecule has 2 N–H and O–H groups in total. The Bertz CT molecular complexity index is 588. The smallest absolute Gasteiger partial charge is 0.218 e. The summed E-state index contributed by atoms with van der Waals surface area (Å²) in [5, 5.41) is 8.73. The molecule has 1 atom stereocenters. The van der Waals surface area contributed by atoms with Gasteiger partial charge in [0.25, 0.3) is 0 Å². The Labute approximate surface area is 127 Å². The zero-order valence-electron chi connectivity index (χ0n) is 12.8. The fraction of sp³-hybridized carbons (Fsp3) is 0.533. The Hall–Kier alpha value is -1.42. The lowest BCUT2D eigenvalue weighted by atomic mass is 10.0. The van der Waals surface area contributed by atoms with E-state index in [1.807, 2.05) is 19.9 Å². The summed E-state index contributed by atoms with van der Waals surface area (Å²) < 4.78 is 25.9. The molecule has 1 aromatic rings. The number of benzene rings is 1. The molecule has 0 amide bonds. The van der Waals surface area contributed by atoms with E-state index < -0.39 is 10.0 Å². The summed E-state index contributed by atoms with van der Waals surface area (Å²) in [7, 11) is -1.78. The van der Waals surface area contributed by atoms with Crippen LogP contribution in [0.2, 0.25) is 0 Å². The van der Waals surface area contributed by atoms with Crippen LogP contribution in [0.5, 0.6) is 0 Å². The van der Waals surface area contributed by atoms with Gasteiger partial charge in [-0.2, -0.15) is 5.26 Å². The van der Waals surface area contributed by atoms with Crippen LogP contribution in [0.25, 0.3) is 0 Å². The first-order valence-corrected chi connectivity index (χ1v) is 8.56. The van der Waals surface area contributed by atoms with Crippen LogP contribution in [-0.2, 0) is 15.8 Å². The Morgan fingerprint density at radius 2 is 1.86 bits per heavy atom. The highest BCUT2D eigenvalue weighted by Gasteiger charge is 2.19. The summed E-state index contributed by atoms with van der Waals surface area (Å²) in [5.41, 5.74) is 7.14. The van der Waals surface area contributed by atoms with Crippen molar-refractivity contribution in [3.63, 3.8) is 0 Å². The highest BCUT2D eigenvalue weighted by atomic mass is 32.2. The molecular weight excluding hydrogens is 286 g/mol. The third-order valence-corrected chi connectivity index (χ3v) is 5.37. The van der Waals surface area contributed by atoms with E-state index in [0.29, 0.717) is 30.0 Å². The van der Waals surface area contributed by atoms with E-state index >= 15 is 0 Å². The van der Waals surface area contributed by atoms with Gasteiger partial charge in [-0.1, -0.05) is 26.0 Å². The highest BCUT2D eigenvalue weighted by Crippen LogP contribution is 2.12. The van der Waals surface area contributed by atoms with Gasteiger partial charge in [-0.05, 0) is 30.0 Å². The first-order chi connectivity index (χ1) is 9.76. The number of sulfonamides is 1. The van der Waals surface area contributed by atoms with E-state index in [4.69, 9.17) is 11.0 Å². The van der Waals surface area contributed by atoms with Crippen LogP contribution in [0, 0.1) is 17.2 Å². The molecule has 0 aromatic heterocycles. The quantitative estimate of drug-likeness (QED) is 0.830. The SMILES string of the molecule is CC(C)C(N)CCN(C)S(=O)(=O)Cc1ccc(C#N)cc1. The molecule has 21 heavy (non-hydrogen) atoms. The zero-order valence-corrected chi connectivity index (χ0v) is 13.6. The Kier molecular flexibility index (Phi) is 6.34. The third kappa shape index (κ3) is 5.46. The largest absolute Gasteiger partial charge is 0.327 e. The van der Waals surface area contributed by atoms with E-state index in [-0.39, 0.29) is 11.8 Å². The van der Waals surface area contributed by atoms with Crippen molar-refractivity contribution in [2.75, 3.05) is 13.6 Å². The summed E-state index contributed by atoms with van der Waals surface area (Å²) in [6.07, 6.45) is 0.640. The fourth-order valence-electron chi connectivity index (χ4n) is 1.80. The van der Waals surface area contributed by atoms with Crippen molar-refractivity contribution in [3.05, 3.63) is 35.4 Å². The first kappa shape index (κ1) is 17.6. The number of rotatable bonds is 7. The standard InChI is InChI=1S/C15H23N3O2S/c1-12(2)15(17)8-9-18(3)21(19,20)11-14-6-4-13(10-16)5-7-14/h4-7,12,15H,8-9,11,17H2,1-3H3. The molecule has 0 aliphatic rings. The summed E-state index contributed by atoms with van der Waals surface area (Å²) in [5.74, 6) is 0.270. The monoisotopic (exact) mass is 309 g/mol. The van der Waals surface area contributed by atoms with E-state index in [2.05, 4.69) is 0 Å². The van der Waals surface area contributed by atoms with Crippen LogP contribution in [0.3, 0.4) is 0 Å². The maximum absolute atomic E-state index is 12.3. The molecule has 0 fully saturated rings. The Balaban J connectivity index is 2.65. The number of nitrogens with zero attached hydrogens (tertiary/aromatic N) is 2. The van der Waals surface area contributed by atoms with Gasteiger partial charge in [-0.25, -0.2) is 12.7 Å². The maximum atomic E-state index is 12.3. The van der Waals surface area contributed by atoms with Gasteiger partial charge >= 0.3 is 0 Å². The van der Waals surface area contributed by atoms with E-state index in [1.54, 1.807) is 31.3 Å². The normalized spacial score (nSPS) is 13.4. The molecule has 0 spiro atoms. The van der Waals surface area contributed by atoms with Crippen molar-refractivity contribution in [3.8, 4) is 6.07 Å². The molecular formula is C15H23N3O2S. The second kappa shape index (κ2) is 7.55. The van der Waals surface area contributed by atoms with Crippen molar-refractivity contribution in [2.45, 2.75) is 32.1 Å². The van der Waals surface area contributed by atoms with Crippen molar-refractivity contribution in [1.82, 2.24) is 4.31 Å². The molecule has 1 aromatic carbocycles. The van der Waals surface area contributed by atoms with Crippen molar-refractivity contribution < 1.29 is 8.42 Å². The molecule has 0 heterocycles. The summed E-state index contributed by atoms with van der Waals surface area (Å²) in [6, 6.07) is 8.60. The predicted molar refractivity (Wildman–Crippen MR) is 83.8 cm³/mol. The summed E-state index contributed by atoms with van der Waals surface area (Å²) in [4.78, 5) is 0. The summed E-state index contributed by atoms with van der Waals surface area (Å²) in [6.45, 7) is 4.46. The van der Waals surface area contributed by atoms with Gasteiger partial charge in [0.05, 0.1) is 17.4 Å². The molecule has 116 valence electrons. The van der Waals surface area contributed by atoms with Crippen LogP contribution < -0.4 is 5.73 Å². The maximum Gasteiger partial charge on any atom is 0.218 e. The second-order valence-electron chi connectivity index (χ2n) is 5.58. The topological polar surface area (TPSA) is 87.2 Å². The average molecular weight is 309 g/mol. The van der Waals surface area contributed by atoms with E-state index in [0.717, 1.165) is 0 Å². The highest BCUT2D eigenvalue weighted by molar-refractivity contribution is 7.88. The fourth-order valence-corrected chi connectivity index (χ4v) is 3.02. The molecule has 0 radical (unpaired) electrons. The molecule has 0 saturated carbocycles. The third-order valence-electron chi connectivity index (χ3n) is 3.54. The van der Waals surface area contributed by atoms with Crippen LogP contribution in [0.15, 0.2) is 24.3 Å². The molecule has 1 unspecified atom stereocenters. The lowest BCUT2D eigenvalue weighted by Crippen LogP contribution is -2.35.